The van der Waals surface area contributed by atoms with E-state index < -0.39 is 0 Å². The first kappa shape index (κ1) is 14.0. The number of thiocarbonyl (C=S) groups is 1. The van der Waals surface area contributed by atoms with Crippen molar-refractivity contribution in [3.63, 3.8) is 0 Å². The summed E-state index contributed by atoms with van der Waals surface area (Å²) < 4.78 is 0. The number of rotatable bonds is 2. The van der Waals surface area contributed by atoms with Crippen LogP contribution in [0.4, 0.5) is 5.69 Å². The van der Waals surface area contributed by atoms with Crippen molar-refractivity contribution in [3.05, 3.63) is 29.8 Å². The Morgan fingerprint density at radius 2 is 1.77 bits per heavy atom. The Morgan fingerprint density at radius 3 is 2.41 bits per heavy atom. The number of benzene rings is 1. The molecule has 5 rings (SSSR count). The van der Waals surface area contributed by atoms with E-state index in [1.807, 2.05) is 18.2 Å². The molecule has 0 heterocycles. The lowest BCUT2D eigenvalue weighted by atomic mass is 9.54. The van der Waals surface area contributed by atoms with E-state index in [0.717, 1.165) is 29.4 Å². The molecule has 114 valence electrons. The van der Waals surface area contributed by atoms with E-state index in [4.69, 9.17) is 17.5 Å². The van der Waals surface area contributed by atoms with Crippen molar-refractivity contribution < 1.29 is 0 Å². The number of nitrogens with one attached hydrogen (secondary N) is 2. The highest BCUT2D eigenvalue weighted by atomic mass is 32.1. The number of hydrogen-bond donors (Lipinski definition) is 2. The summed E-state index contributed by atoms with van der Waals surface area (Å²) in [6.07, 6.45) is 7.02. The standard InChI is InChI=1S/C18H21N3S/c19-10-11-2-1-3-16(9-11)20-18(22)21-17-14-5-12-4-13(7-14)8-15(17)6-12/h1-3,9,12-15,17H,4-8H2,(H2,20,21,22). The Kier molecular flexibility index (Phi) is 3.54. The largest absolute Gasteiger partial charge is 0.359 e. The molecule has 0 radical (unpaired) electrons. The Hall–Kier alpha value is -1.60. The molecule has 0 atom stereocenters. The summed E-state index contributed by atoms with van der Waals surface area (Å²) in [5.41, 5.74) is 1.54. The fraction of sp³-hybridized carbons (Fsp3) is 0.556. The lowest BCUT2D eigenvalue weighted by molar-refractivity contribution is -0.00665. The van der Waals surface area contributed by atoms with Gasteiger partial charge in [-0.25, -0.2) is 0 Å². The number of hydrogen-bond acceptors (Lipinski definition) is 2. The zero-order valence-corrected chi connectivity index (χ0v) is 13.4. The fourth-order valence-electron chi connectivity index (χ4n) is 5.15. The van der Waals surface area contributed by atoms with E-state index in [-0.39, 0.29) is 0 Å². The second-order valence-electron chi connectivity index (χ2n) is 7.25. The fourth-order valence-corrected chi connectivity index (χ4v) is 5.40. The average molecular weight is 311 g/mol. The van der Waals surface area contributed by atoms with E-state index >= 15 is 0 Å². The molecule has 4 fully saturated rings. The van der Waals surface area contributed by atoms with Gasteiger partial charge in [0.25, 0.3) is 0 Å². The Labute approximate surface area is 137 Å². The molecule has 0 aliphatic heterocycles. The predicted octanol–water partition coefficient (Wildman–Crippen LogP) is 3.67. The van der Waals surface area contributed by atoms with Gasteiger partial charge in [0.2, 0.25) is 0 Å². The van der Waals surface area contributed by atoms with Gasteiger partial charge in [0.1, 0.15) is 0 Å². The molecule has 4 aliphatic rings. The van der Waals surface area contributed by atoms with Gasteiger partial charge >= 0.3 is 0 Å². The van der Waals surface area contributed by atoms with Gasteiger partial charge in [0, 0.05) is 11.7 Å². The summed E-state index contributed by atoms with van der Waals surface area (Å²) in [6.45, 7) is 0. The summed E-state index contributed by atoms with van der Waals surface area (Å²) in [5, 5.41) is 16.5. The van der Waals surface area contributed by atoms with Gasteiger partial charge in [0.15, 0.2) is 5.11 Å². The van der Waals surface area contributed by atoms with Crippen LogP contribution in [-0.2, 0) is 0 Å². The molecule has 0 saturated heterocycles. The Balaban J connectivity index is 1.41. The van der Waals surface area contributed by atoms with Crippen LogP contribution in [0.25, 0.3) is 0 Å². The van der Waals surface area contributed by atoms with Gasteiger partial charge in [-0.3, -0.25) is 0 Å². The summed E-state index contributed by atoms with van der Waals surface area (Å²) in [4.78, 5) is 0. The minimum Gasteiger partial charge on any atom is -0.359 e. The maximum absolute atomic E-state index is 8.97. The first-order chi connectivity index (χ1) is 10.7. The molecule has 4 heteroatoms. The van der Waals surface area contributed by atoms with Crippen molar-refractivity contribution in [2.45, 2.75) is 38.1 Å². The molecule has 4 bridgehead atoms. The summed E-state index contributed by atoms with van der Waals surface area (Å²) in [7, 11) is 0. The lowest BCUT2D eigenvalue weighted by Crippen LogP contribution is -2.56. The number of nitriles is 1. The maximum atomic E-state index is 8.97. The molecular weight excluding hydrogens is 290 g/mol. The van der Waals surface area contributed by atoms with Gasteiger partial charge in [-0.05, 0) is 86.2 Å². The van der Waals surface area contributed by atoms with Crippen LogP contribution in [-0.4, -0.2) is 11.2 Å². The van der Waals surface area contributed by atoms with Crippen LogP contribution < -0.4 is 10.6 Å². The molecule has 1 aromatic carbocycles. The number of anilines is 1. The highest BCUT2D eigenvalue weighted by Crippen LogP contribution is 2.53. The third-order valence-electron chi connectivity index (χ3n) is 5.77. The first-order valence-corrected chi connectivity index (χ1v) is 8.70. The molecule has 0 unspecified atom stereocenters. The molecule has 0 aromatic heterocycles. The van der Waals surface area contributed by atoms with Gasteiger partial charge < -0.3 is 10.6 Å². The average Bonchev–Trinajstić information content (AvgIpc) is 2.50. The van der Waals surface area contributed by atoms with Gasteiger partial charge in [-0.15, -0.1) is 0 Å². The number of nitrogens with zero attached hydrogens (tertiary/aromatic N) is 1. The molecule has 0 spiro atoms. The van der Waals surface area contributed by atoms with Gasteiger partial charge in [-0.1, -0.05) is 6.07 Å². The van der Waals surface area contributed by atoms with E-state index in [2.05, 4.69) is 16.7 Å². The monoisotopic (exact) mass is 311 g/mol. The normalized spacial score (nSPS) is 35.0. The SMILES string of the molecule is N#Cc1cccc(NC(=S)NC2C3CC4CC(C3)CC2C4)c1. The highest BCUT2D eigenvalue weighted by molar-refractivity contribution is 7.80. The van der Waals surface area contributed by atoms with Crippen LogP contribution in [0.5, 0.6) is 0 Å². The minimum absolute atomic E-state index is 0.548. The van der Waals surface area contributed by atoms with Crippen molar-refractivity contribution in [1.29, 1.82) is 5.26 Å². The van der Waals surface area contributed by atoms with Crippen molar-refractivity contribution >= 4 is 23.0 Å². The Morgan fingerprint density at radius 1 is 1.09 bits per heavy atom. The van der Waals surface area contributed by atoms with Crippen LogP contribution >= 0.6 is 12.2 Å². The zero-order chi connectivity index (χ0) is 15.1. The summed E-state index contributed by atoms with van der Waals surface area (Å²) >= 11 is 5.51. The minimum atomic E-state index is 0.548. The third-order valence-corrected chi connectivity index (χ3v) is 5.99. The smallest absolute Gasteiger partial charge is 0.171 e. The van der Waals surface area contributed by atoms with Crippen LogP contribution in [0.15, 0.2) is 24.3 Å². The van der Waals surface area contributed by atoms with E-state index in [9.17, 15) is 0 Å². The van der Waals surface area contributed by atoms with E-state index in [0.29, 0.717) is 16.7 Å². The van der Waals surface area contributed by atoms with Crippen LogP contribution in [0.3, 0.4) is 0 Å². The second kappa shape index (κ2) is 5.55. The van der Waals surface area contributed by atoms with Crippen molar-refractivity contribution in [2.75, 3.05) is 5.32 Å². The van der Waals surface area contributed by atoms with Crippen molar-refractivity contribution in [1.82, 2.24) is 5.32 Å². The lowest BCUT2D eigenvalue weighted by Gasteiger charge is -2.54. The molecule has 22 heavy (non-hydrogen) atoms. The molecular formula is C18H21N3S. The maximum Gasteiger partial charge on any atom is 0.171 e. The summed E-state index contributed by atoms with van der Waals surface area (Å²) in [5.74, 6) is 3.58. The molecule has 0 amide bonds. The van der Waals surface area contributed by atoms with E-state index in [1.54, 1.807) is 6.07 Å². The Bertz CT molecular complexity index is 605. The molecule has 1 aromatic rings. The predicted molar refractivity (Wildman–Crippen MR) is 91.3 cm³/mol. The zero-order valence-electron chi connectivity index (χ0n) is 12.6. The van der Waals surface area contributed by atoms with Crippen LogP contribution in [0.2, 0.25) is 0 Å². The first-order valence-electron chi connectivity index (χ1n) is 8.29. The third kappa shape index (κ3) is 2.59. The molecule has 3 nitrogen and oxygen atoms in total. The van der Waals surface area contributed by atoms with Gasteiger partial charge in [-0.2, -0.15) is 5.26 Å². The topological polar surface area (TPSA) is 47.9 Å². The van der Waals surface area contributed by atoms with Crippen LogP contribution in [0.1, 0.15) is 37.7 Å². The quantitative estimate of drug-likeness (QED) is 0.818. The van der Waals surface area contributed by atoms with E-state index in [1.165, 1.54) is 32.1 Å². The van der Waals surface area contributed by atoms with Crippen LogP contribution in [0, 0.1) is 35.0 Å². The van der Waals surface area contributed by atoms with Crippen molar-refractivity contribution in [3.8, 4) is 6.07 Å². The van der Waals surface area contributed by atoms with Crippen molar-refractivity contribution in [2.24, 2.45) is 23.7 Å². The van der Waals surface area contributed by atoms with Gasteiger partial charge in [0.05, 0.1) is 11.6 Å². The second-order valence-corrected chi connectivity index (χ2v) is 7.66. The molecule has 4 saturated carbocycles. The molecule has 4 aliphatic carbocycles. The highest BCUT2D eigenvalue weighted by Gasteiger charge is 2.48. The summed E-state index contributed by atoms with van der Waals surface area (Å²) in [6, 6.07) is 10.2. The molecule has 2 N–H and O–H groups in total.